The van der Waals surface area contributed by atoms with Gasteiger partial charge in [-0.1, -0.05) is 19.4 Å². The molecular weight excluding hydrogens is 228 g/mol. The zero-order valence-corrected chi connectivity index (χ0v) is 11.6. The van der Waals surface area contributed by atoms with E-state index in [0.717, 1.165) is 30.4 Å². The lowest BCUT2D eigenvalue weighted by Crippen LogP contribution is -2.45. The monoisotopic (exact) mass is 252 g/mol. The van der Waals surface area contributed by atoms with Gasteiger partial charge in [-0.3, -0.25) is 4.79 Å². The summed E-state index contributed by atoms with van der Waals surface area (Å²) in [5.74, 6) is 0.697. The molecule has 1 saturated carbocycles. The van der Waals surface area contributed by atoms with E-state index in [2.05, 4.69) is 6.92 Å². The van der Waals surface area contributed by atoms with Crippen LogP contribution in [0.3, 0.4) is 0 Å². The van der Waals surface area contributed by atoms with E-state index in [1.54, 1.807) is 0 Å². The first-order chi connectivity index (χ1) is 8.40. The number of aliphatic hydroxyl groups is 2. The first-order valence-corrected chi connectivity index (χ1v) is 6.92. The van der Waals surface area contributed by atoms with Gasteiger partial charge in [0.2, 0.25) is 0 Å². The van der Waals surface area contributed by atoms with Gasteiger partial charge in [0.05, 0.1) is 6.10 Å². The van der Waals surface area contributed by atoms with E-state index < -0.39 is 0 Å². The van der Waals surface area contributed by atoms with Gasteiger partial charge in [-0.2, -0.15) is 0 Å². The molecule has 4 unspecified atom stereocenters. The Balaban J connectivity index is 2.35. The summed E-state index contributed by atoms with van der Waals surface area (Å²) in [4.78, 5) is 11.9. The molecule has 2 N–H and O–H groups in total. The lowest BCUT2D eigenvalue weighted by Gasteiger charge is -2.48. The summed E-state index contributed by atoms with van der Waals surface area (Å²) in [6.45, 7) is 6.14. The second kappa shape index (κ2) is 4.78. The Kier molecular flexibility index (Phi) is 3.65. The van der Waals surface area contributed by atoms with Crippen molar-refractivity contribution < 1.29 is 15.0 Å². The molecule has 0 amide bonds. The summed E-state index contributed by atoms with van der Waals surface area (Å²) < 4.78 is 0. The third kappa shape index (κ3) is 2.04. The highest BCUT2D eigenvalue weighted by molar-refractivity contribution is 5.96. The van der Waals surface area contributed by atoms with Gasteiger partial charge in [0.25, 0.3) is 0 Å². The third-order valence-corrected chi connectivity index (χ3v) is 5.25. The molecule has 3 nitrogen and oxygen atoms in total. The number of ketones is 1. The van der Waals surface area contributed by atoms with Gasteiger partial charge in [0.15, 0.2) is 5.78 Å². The molecule has 2 aliphatic carbocycles. The minimum absolute atomic E-state index is 0.147. The molecule has 102 valence electrons. The molecule has 4 atom stereocenters. The van der Waals surface area contributed by atoms with Crippen LogP contribution in [0.2, 0.25) is 0 Å². The Hall–Kier alpha value is -0.670. The molecule has 0 heterocycles. The molecule has 2 aliphatic rings. The van der Waals surface area contributed by atoms with Gasteiger partial charge in [0, 0.05) is 18.4 Å². The highest BCUT2D eigenvalue weighted by Gasteiger charge is 2.47. The van der Waals surface area contributed by atoms with Crippen LogP contribution in [0, 0.1) is 17.3 Å². The van der Waals surface area contributed by atoms with Crippen molar-refractivity contribution in [1.29, 1.82) is 0 Å². The fourth-order valence-electron chi connectivity index (χ4n) is 3.54. The van der Waals surface area contributed by atoms with Gasteiger partial charge < -0.3 is 10.2 Å². The summed E-state index contributed by atoms with van der Waals surface area (Å²) in [7, 11) is 0. The maximum Gasteiger partial charge on any atom is 0.158 e. The summed E-state index contributed by atoms with van der Waals surface area (Å²) in [6.07, 6.45) is 2.53. The maximum atomic E-state index is 11.9. The van der Waals surface area contributed by atoms with Crippen molar-refractivity contribution in [3.8, 4) is 0 Å². The molecule has 0 aromatic heterocycles. The average Bonchev–Trinajstić information content (AvgIpc) is 2.36. The smallest absolute Gasteiger partial charge is 0.158 e. The molecule has 1 fully saturated rings. The quantitative estimate of drug-likeness (QED) is 0.791. The van der Waals surface area contributed by atoms with E-state index in [1.807, 2.05) is 13.8 Å². The van der Waals surface area contributed by atoms with Crippen molar-refractivity contribution in [2.45, 2.75) is 52.6 Å². The first-order valence-electron chi connectivity index (χ1n) is 6.92. The van der Waals surface area contributed by atoms with E-state index in [4.69, 9.17) is 0 Å². The summed E-state index contributed by atoms with van der Waals surface area (Å²) in [5, 5.41) is 19.7. The number of hydrogen-bond acceptors (Lipinski definition) is 3. The van der Waals surface area contributed by atoms with Crippen molar-refractivity contribution in [3.05, 3.63) is 11.1 Å². The van der Waals surface area contributed by atoms with Crippen LogP contribution in [0.15, 0.2) is 11.1 Å². The minimum atomic E-state index is -0.386. The molecule has 0 aromatic rings. The molecule has 3 heteroatoms. The van der Waals surface area contributed by atoms with Crippen molar-refractivity contribution in [1.82, 2.24) is 0 Å². The van der Waals surface area contributed by atoms with Gasteiger partial charge in [-0.15, -0.1) is 0 Å². The van der Waals surface area contributed by atoms with E-state index in [1.165, 1.54) is 0 Å². The topological polar surface area (TPSA) is 57.5 Å². The van der Waals surface area contributed by atoms with E-state index >= 15 is 0 Å². The molecule has 0 aliphatic heterocycles. The van der Waals surface area contributed by atoms with Crippen LogP contribution in [-0.2, 0) is 4.79 Å². The van der Waals surface area contributed by atoms with Crippen LogP contribution in [0.5, 0.6) is 0 Å². The zero-order chi connectivity index (χ0) is 13.5. The van der Waals surface area contributed by atoms with Crippen LogP contribution >= 0.6 is 0 Å². The number of hydrogen-bond donors (Lipinski definition) is 2. The second-order valence-corrected chi connectivity index (χ2v) is 6.32. The molecule has 0 saturated heterocycles. The van der Waals surface area contributed by atoms with Crippen molar-refractivity contribution in [2.75, 3.05) is 6.61 Å². The first kappa shape index (κ1) is 13.8. The molecule has 2 rings (SSSR count). The van der Waals surface area contributed by atoms with Gasteiger partial charge in [-0.25, -0.2) is 0 Å². The lowest BCUT2D eigenvalue weighted by molar-refractivity contribution is -0.118. The second-order valence-electron chi connectivity index (χ2n) is 6.32. The Labute approximate surface area is 109 Å². The summed E-state index contributed by atoms with van der Waals surface area (Å²) in [5.41, 5.74) is 1.78. The van der Waals surface area contributed by atoms with Crippen LogP contribution in [-0.4, -0.2) is 28.7 Å². The van der Waals surface area contributed by atoms with E-state index in [9.17, 15) is 15.0 Å². The lowest BCUT2D eigenvalue weighted by atomic mass is 9.58. The molecule has 0 radical (unpaired) electrons. The maximum absolute atomic E-state index is 11.9. The van der Waals surface area contributed by atoms with Gasteiger partial charge in [0.1, 0.15) is 0 Å². The van der Waals surface area contributed by atoms with Crippen LogP contribution in [0.1, 0.15) is 46.5 Å². The molecule has 0 spiro atoms. The number of carbonyl (C=O) groups is 1. The summed E-state index contributed by atoms with van der Waals surface area (Å²) >= 11 is 0. The molecule has 0 bridgehead atoms. The largest absolute Gasteiger partial charge is 0.396 e. The predicted octanol–water partition coefficient (Wildman–Crippen LogP) is 2.07. The molecule has 0 aromatic carbocycles. The Morgan fingerprint density at radius 3 is 2.78 bits per heavy atom. The van der Waals surface area contributed by atoms with Crippen LogP contribution in [0.4, 0.5) is 0 Å². The SMILES string of the molecule is CC1=C2CC(C(C)CO)CC(O)C2(C)CCC1=O. The normalized spacial score (nSPS) is 38.6. The van der Waals surface area contributed by atoms with Crippen molar-refractivity contribution in [2.24, 2.45) is 17.3 Å². The highest BCUT2D eigenvalue weighted by Crippen LogP contribution is 2.51. The Bertz CT molecular complexity index is 385. The van der Waals surface area contributed by atoms with Crippen LogP contribution in [0.25, 0.3) is 0 Å². The predicted molar refractivity (Wildman–Crippen MR) is 70.0 cm³/mol. The van der Waals surface area contributed by atoms with Crippen molar-refractivity contribution in [3.63, 3.8) is 0 Å². The summed E-state index contributed by atoms with van der Waals surface area (Å²) in [6, 6.07) is 0. The van der Waals surface area contributed by atoms with Gasteiger partial charge in [-0.05, 0) is 43.6 Å². The minimum Gasteiger partial charge on any atom is -0.396 e. The number of carbonyl (C=O) groups excluding carboxylic acids is 1. The van der Waals surface area contributed by atoms with E-state index in [-0.39, 0.29) is 35.7 Å². The standard InChI is InChI=1S/C15H24O3/c1-9(8-16)11-6-12-10(2)13(17)4-5-15(12,3)14(18)7-11/h9,11,14,16,18H,4-8H2,1-3H3. The fraction of sp³-hybridized carbons (Fsp3) is 0.800. The van der Waals surface area contributed by atoms with E-state index in [0.29, 0.717) is 6.42 Å². The van der Waals surface area contributed by atoms with Crippen LogP contribution < -0.4 is 0 Å². The number of rotatable bonds is 2. The molecular formula is C15H24O3. The Morgan fingerprint density at radius 1 is 1.50 bits per heavy atom. The zero-order valence-electron chi connectivity index (χ0n) is 11.6. The number of fused-ring (bicyclic) bond motifs is 1. The average molecular weight is 252 g/mol. The number of Topliss-reactive ketones (excluding diaryl/α,β-unsaturated/α-hetero) is 1. The highest BCUT2D eigenvalue weighted by atomic mass is 16.3. The number of aliphatic hydroxyl groups excluding tert-OH is 2. The Morgan fingerprint density at radius 2 is 2.17 bits per heavy atom. The van der Waals surface area contributed by atoms with Crippen molar-refractivity contribution >= 4 is 5.78 Å². The molecule has 18 heavy (non-hydrogen) atoms. The van der Waals surface area contributed by atoms with Gasteiger partial charge >= 0.3 is 0 Å². The number of allylic oxidation sites excluding steroid dienone is 1. The fourth-order valence-corrected chi connectivity index (χ4v) is 3.54. The third-order valence-electron chi connectivity index (χ3n) is 5.25.